The van der Waals surface area contributed by atoms with Crippen LogP contribution in [0.3, 0.4) is 0 Å². The van der Waals surface area contributed by atoms with E-state index in [4.69, 9.17) is 11.6 Å². The lowest BCUT2D eigenvalue weighted by molar-refractivity contribution is -0.107. The Morgan fingerprint density at radius 3 is 2.42 bits per heavy atom. The lowest BCUT2D eigenvalue weighted by Crippen LogP contribution is -1.77. The molecule has 0 fully saturated rings. The predicted octanol–water partition coefficient (Wildman–Crippen LogP) is 2.77. The fourth-order valence-electron chi connectivity index (χ4n) is 0.839. The summed E-state index contributed by atoms with van der Waals surface area (Å²) in [7, 11) is 0. The maximum absolute atomic E-state index is 10.4. The lowest BCUT2D eigenvalue weighted by Gasteiger charge is -1.92. The van der Waals surface area contributed by atoms with Crippen molar-refractivity contribution in [1.82, 2.24) is 0 Å². The Hall–Kier alpha value is -1.08. The van der Waals surface area contributed by atoms with E-state index < -0.39 is 5.24 Å². The molecule has 0 saturated carbocycles. The molecular weight excluding hydrogens is 172 g/mol. The van der Waals surface area contributed by atoms with E-state index in [0.717, 1.165) is 5.56 Å². The van der Waals surface area contributed by atoms with Gasteiger partial charge < -0.3 is 0 Å². The Balaban J connectivity index is 2.77. The van der Waals surface area contributed by atoms with Gasteiger partial charge in [0.1, 0.15) is 0 Å². The summed E-state index contributed by atoms with van der Waals surface area (Å²) in [5.41, 5.74) is 2.18. The van der Waals surface area contributed by atoms with Crippen LogP contribution >= 0.6 is 11.6 Å². The van der Waals surface area contributed by atoms with Gasteiger partial charge in [0.05, 0.1) is 0 Å². The zero-order chi connectivity index (χ0) is 8.97. The van der Waals surface area contributed by atoms with Crippen molar-refractivity contribution in [2.45, 2.75) is 6.92 Å². The van der Waals surface area contributed by atoms with Crippen molar-refractivity contribution in [2.24, 2.45) is 0 Å². The molecule has 0 N–H and O–H groups in total. The summed E-state index contributed by atoms with van der Waals surface area (Å²) >= 11 is 5.13. The van der Waals surface area contributed by atoms with Crippen molar-refractivity contribution in [2.75, 3.05) is 0 Å². The van der Waals surface area contributed by atoms with Gasteiger partial charge in [-0.1, -0.05) is 35.9 Å². The highest BCUT2D eigenvalue weighted by Crippen LogP contribution is 2.05. The number of carbonyl (C=O) groups is 1. The molecule has 1 rings (SSSR count). The molecule has 0 atom stereocenters. The van der Waals surface area contributed by atoms with Gasteiger partial charge in [-0.05, 0) is 30.2 Å². The highest BCUT2D eigenvalue weighted by Gasteiger charge is 1.88. The Morgan fingerprint density at radius 2 is 1.92 bits per heavy atom. The van der Waals surface area contributed by atoms with Gasteiger partial charge in [0.15, 0.2) is 0 Å². The molecule has 0 heterocycles. The maximum atomic E-state index is 10.4. The molecule has 2 heteroatoms. The number of hydrogen-bond donors (Lipinski definition) is 0. The van der Waals surface area contributed by atoms with Crippen LogP contribution in [0, 0.1) is 6.92 Å². The minimum Gasteiger partial charge on any atom is -0.276 e. The number of aryl methyl sites for hydroxylation is 1. The summed E-state index contributed by atoms with van der Waals surface area (Å²) in [6, 6.07) is 7.84. The molecule has 62 valence electrons. The van der Waals surface area contributed by atoms with Gasteiger partial charge in [-0.3, -0.25) is 4.79 Å². The molecule has 1 aromatic carbocycles. The Labute approximate surface area is 76.7 Å². The number of benzene rings is 1. The quantitative estimate of drug-likeness (QED) is 0.505. The van der Waals surface area contributed by atoms with E-state index in [2.05, 4.69) is 0 Å². The van der Waals surface area contributed by atoms with Gasteiger partial charge in [0, 0.05) is 0 Å². The number of halogens is 1. The molecule has 0 radical (unpaired) electrons. The van der Waals surface area contributed by atoms with E-state index in [1.54, 1.807) is 6.08 Å². The summed E-state index contributed by atoms with van der Waals surface area (Å²) in [5.74, 6) is 0. The fraction of sp³-hybridized carbons (Fsp3) is 0.100. The third kappa shape index (κ3) is 2.89. The van der Waals surface area contributed by atoms with Gasteiger partial charge in [0.2, 0.25) is 5.24 Å². The molecule has 0 spiro atoms. The normalized spacial score (nSPS) is 10.5. The smallest absolute Gasteiger partial charge is 0.245 e. The largest absolute Gasteiger partial charge is 0.276 e. The van der Waals surface area contributed by atoms with Crippen LogP contribution in [0.1, 0.15) is 11.1 Å². The molecule has 0 amide bonds. The van der Waals surface area contributed by atoms with Crippen LogP contribution in [0.15, 0.2) is 30.3 Å². The van der Waals surface area contributed by atoms with Gasteiger partial charge in [0.25, 0.3) is 0 Å². The summed E-state index contributed by atoms with van der Waals surface area (Å²) in [5, 5.41) is -0.449. The maximum Gasteiger partial charge on any atom is 0.245 e. The molecule has 0 aliphatic rings. The molecule has 0 saturated heterocycles. The topological polar surface area (TPSA) is 17.1 Å². The molecule has 0 bridgehead atoms. The highest BCUT2D eigenvalue weighted by atomic mass is 35.5. The van der Waals surface area contributed by atoms with Gasteiger partial charge in [-0.25, -0.2) is 0 Å². The second-order valence-corrected chi connectivity index (χ2v) is 2.92. The number of allylic oxidation sites excluding steroid dienone is 1. The zero-order valence-corrected chi connectivity index (χ0v) is 7.51. The van der Waals surface area contributed by atoms with Gasteiger partial charge in [-0.15, -0.1) is 0 Å². The molecular formula is C10H9ClO. The third-order valence-corrected chi connectivity index (χ3v) is 1.61. The second kappa shape index (κ2) is 4.07. The average Bonchev–Trinajstić information content (AvgIpc) is 2.03. The molecule has 0 aromatic heterocycles. The van der Waals surface area contributed by atoms with Crippen LogP contribution in [0.4, 0.5) is 0 Å². The van der Waals surface area contributed by atoms with E-state index in [1.165, 1.54) is 11.6 Å². The molecule has 0 unspecified atom stereocenters. The molecule has 1 aromatic rings. The Kier molecular flexibility index (Phi) is 3.06. The summed E-state index contributed by atoms with van der Waals surface area (Å²) in [4.78, 5) is 10.4. The van der Waals surface area contributed by atoms with Crippen LogP contribution in [0.5, 0.6) is 0 Å². The lowest BCUT2D eigenvalue weighted by atomic mass is 10.1. The number of hydrogen-bond acceptors (Lipinski definition) is 1. The molecule has 1 nitrogen and oxygen atoms in total. The minimum atomic E-state index is -0.449. The first-order chi connectivity index (χ1) is 5.68. The molecule has 0 aliphatic carbocycles. The van der Waals surface area contributed by atoms with Crippen molar-refractivity contribution in [3.05, 3.63) is 41.5 Å². The van der Waals surface area contributed by atoms with Crippen molar-refractivity contribution in [3.63, 3.8) is 0 Å². The Bertz CT molecular complexity index is 298. The first kappa shape index (κ1) is 9.01. The van der Waals surface area contributed by atoms with E-state index >= 15 is 0 Å². The fourth-order valence-corrected chi connectivity index (χ4v) is 0.902. The summed E-state index contributed by atoms with van der Waals surface area (Å²) in [6.45, 7) is 2.01. The minimum absolute atomic E-state index is 0.449. The van der Waals surface area contributed by atoms with Crippen LogP contribution in [-0.2, 0) is 4.79 Å². The first-order valence-corrected chi connectivity index (χ1v) is 4.00. The van der Waals surface area contributed by atoms with E-state index in [1.807, 2.05) is 31.2 Å². The number of rotatable bonds is 2. The highest BCUT2D eigenvalue weighted by molar-refractivity contribution is 6.66. The SMILES string of the molecule is Cc1ccc(/C=C/C(=O)Cl)cc1. The van der Waals surface area contributed by atoms with Crippen LogP contribution in [0.2, 0.25) is 0 Å². The summed E-state index contributed by atoms with van der Waals surface area (Å²) < 4.78 is 0. The zero-order valence-electron chi connectivity index (χ0n) is 6.75. The first-order valence-electron chi connectivity index (χ1n) is 3.63. The average molecular weight is 181 g/mol. The monoisotopic (exact) mass is 180 g/mol. The Morgan fingerprint density at radius 1 is 1.33 bits per heavy atom. The van der Waals surface area contributed by atoms with Crippen molar-refractivity contribution in [1.29, 1.82) is 0 Å². The van der Waals surface area contributed by atoms with Crippen molar-refractivity contribution in [3.8, 4) is 0 Å². The van der Waals surface area contributed by atoms with Crippen LogP contribution < -0.4 is 0 Å². The van der Waals surface area contributed by atoms with Gasteiger partial charge in [-0.2, -0.15) is 0 Å². The number of carbonyl (C=O) groups excluding carboxylic acids is 1. The second-order valence-electron chi connectivity index (χ2n) is 2.55. The van der Waals surface area contributed by atoms with E-state index in [9.17, 15) is 4.79 Å². The van der Waals surface area contributed by atoms with Crippen molar-refractivity contribution < 1.29 is 4.79 Å². The van der Waals surface area contributed by atoms with Crippen LogP contribution in [0.25, 0.3) is 6.08 Å². The van der Waals surface area contributed by atoms with Crippen molar-refractivity contribution >= 4 is 22.9 Å². The molecule has 0 aliphatic heterocycles. The van der Waals surface area contributed by atoms with E-state index in [-0.39, 0.29) is 0 Å². The van der Waals surface area contributed by atoms with E-state index in [0.29, 0.717) is 0 Å². The molecule has 12 heavy (non-hydrogen) atoms. The predicted molar refractivity (Wildman–Crippen MR) is 51.1 cm³/mol. The third-order valence-electron chi connectivity index (χ3n) is 1.48. The summed E-state index contributed by atoms with van der Waals surface area (Å²) in [6.07, 6.45) is 3.03. The standard InChI is InChI=1S/C10H9ClO/c1-8-2-4-9(5-3-8)6-7-10(11)12/h2-7H,1H3/b7-6+. The van der Waals surface area contributed by atoms with Gasteiger partial charge >= 0.3 is 0 Å². The van der Waals surface area contributed by atoms with Crippen LogP contribution in [-0.4, -0.2) is 5.24 Å².